The number of carbonyl (C=O) groups excluding carboxylic acids is 2. The number of para-hydroxylation sites is 1. The van der Waals surface area contributed by atoms with E-state index in [0.29, 0.717) is 31.1 Å². The van der Waals surface area contributed by atoms with Crippen molar-refractivity contribution in [3.05, 3.63) is 23.8 Å². The summed E-state index contributed by atoms with van der Waals surface area (Å²) >= 11 is 0. The fraction of sp³-hybridized carbons (Fsp3) is 0.556. The van der Waals surface area contributed by atoms with Gasteiger partial charge in [-0.05, 0) is 19.4 Å². The first-order valence-corrected chi connectivity index (χ1v) is 8.40. The lowest BCUT2D eigenvalue weighted by Crippen LogP contribution is -2.65. The van der Waals surface area contributed by atoms with Crippen LogP contribution in [0.3, 0.4) is 0 Å². The molecule has 0 aromatic heterocycles. The summed E-state index contributed by atoms with van der Waals surface area (Å²) in [6, 6.07) is 5.75. The van der Waals surface area contributed by atoms with Gasteiger partial charge < -0.3 is 20.1 Å². The van der Waals surface area contributed by atoms with Crippen molar-refractivity contribution in [3.63, 3.8) is 0 Å². The molecule has 1 aliphatic heterocycles. The first-order valence-electron chi connectivity index (χ1n) is 8.40. The van der Waals surface area contributed by atoms with Gasteiger partial charge in [-0.25, -0.2) is 0 Å². The van der Waals surface area contributed by atoms with Crippen molar-refractivity contribution in [2.45, 2.75) is 32.4 Å². The predicted octanol–water partition coefficient (Wildman–Crippen LogP) is 0.921. The van der Waals surface area contributed by atoms with Crippen LogP contribution in [-0.2, 0) is 16.1 Å². The number of likely N-dealkylation sites (tertiary alicyclic amines) is 1. The van der Waals surface area contributed by atoms with E-state index in [1.54, 1.807) is 14.2 Å². The van der Waals surface area contributed by atoms with Crippen molar-refractivity contribution in [2.24, 2.45) is 0 Å². The van der Waals surface area contributed by atoms with Gasteiger partial charge in [0.05, 0.1) is 19.8 Å². The maximum absolute atomic E-state index is 12.5. The predicted molar refractivity (Wildman–Crippen MR) is 94.7 cm³/mol. The minimum atomic E-state index is -0.551. The van der Waals surface area contributed by atoms with Crippen LogP contribution in [0.2, 0.25) is 0 Å². The van der Waals surface area contributed by atoms with Crippen LogP contribution in [0.5, 0.6) is 11.5 Å². The Bertz CT molecular complexity index is 635. The molecule has 2 N–H and O–H groups in total. The Morgan fingerprint density at radius 3 is 2.48 bits per heavy atom. The third kappa shape index (κ3) is 4.22. The normalized spacial score (nSPS) is 19.7. The number of rotatable bonds is 8. The van der Waals surface area contributed by atoms with Crippen LogP contribution in [0.4, 0.5) is 0 Å². The summed E-state index contributed by atoms with van der Waals surface area (Å²) in [5, 5.41) is 5.57. The van der Waals surface area contributed by atoms with Crippen molar-refractivity contribution in [1.29, 1.82) is 0 Å². The van der Waals surface area contributed by atoms with Crippen molar-refractivity contribution in [1.82, 2.24) is 15.5 Å². The highest BCUT2D eigenvalue weighted by molar-refractivity contribution is 5.87. The summed E-state index contributed by atoms with van der Waals surface area (Å²) in [7, 11) is 3.23. The molecule has 25 heavy (non-hydrogen) atoms. The highest BCUT2D eigenvalue weighted by Crippen LogP contribution is 2.37. The zero-order chi connectivity index (χ0) is 18.4. The Labute approximate surface area is 148 Å². The zero-order valence-electron chi connectivity index (χ0n) is 15.3. The minimum absolute atomic E-state index is 0.0223. The molecular formula is C18H27N3O4. The number of ether oxygens (including phenoxy) is 2. The Kier molecular flexibility index (Phi) is 6.25. The van der Waals surface area contributed by atoms with E-state index in [2.05, 4.69) is 15.5 Å². The number of carbonyl (C=O) groups is 2. The lowest BCUT2D eigenvalue weighted by atomic mass is 9.85. The maximum Gasteiger partial charge on any atom is 0.240 e. The summed E-state index contributed by atoms with van der Waals surface area (Å²) in [6.45, 7) is 5.70. The molecule has 1 atom stereocenters. The largest absolute Gasteiger partial charge is 0.493 e. The maximum atomic E-state index is 12.5. The van der Waals surface area contributed by atoms with Gasteiger partial charge in [0.15, 0.2) is 11.5 Å². The number of hydrogen-bond acceptors (Lipinski definition) is 5. The van der Waals surface area contributed by atoms with E-state index < -0.39 is 5.54 Å². The van der Waals surface area contributed by atoms with Gasteiger partial charge in [-0.2, -0.15) is 0 Å². The molecule has 1 saturated heterocycles. The van der Waals surface area contributed by atoms with Crippen molar-refractivity contribution >= 4 is 11.8 Å². The molecule has 0 aliphatic carbocycles. The summed E-state index contributed by atoms with van der Waals surface area (Å²) < 4.78 is 10.8. The highest BCUT2D eigenvalue weighted by Gasteiger charge is 2.46. The average Bonchev–Trinajstić information content (AvgIpc) is 2.60. The van der Waals surface area contributed by atoms with Gasteiger partial charge in [0.1, 0.15) is 0 Å². The number of hydrogen-bond donors (Lipinski definition) is 2. The summed E-state index contributed by atoms with van der Waals surface area (Å²) in [5.41, 5.74) is 0.434. The quantitative estimate of drug-likeness (QED) is 0.682. The molecule has 1 aromatic carbocycles. The number of methoxy groups -OCH3 is 2. The molecule has 0 spiro atoms. The fourth-order valence-electron chi connectivity index (χ4n) is 3.00. The molecule has 2 amide bonds. The van der Waals surface area contributed by atoms with E-state index >= 15 is 0 Å². The minimum Gasteiger partial charge on any atom is -0.493 e. The smallest absolute Gasteiger partial charge is 0.240 e. The van der Waals surface area contributed by atoms with Crippen molar-refractivity contribution < 1.29 is 19.1 Å². The standard InChI is InChI=1S/C18H27N3O4/c1-13(22)19-9-10-20-17(23)18(2)8-11-21(18)12-14-6-5-7-15(24-3)16(14)25-4/h5-7H,8-12H2,1-4H3,(H,19,22)(H,20,23). The Morgan fingerprint density at radius 2 is 1.92 bits per heavy atom. The van der Waals surface area contributed by atoms with Crippen LogP contribution >= 0.6 is 0 Å². The van der Waals surface area contributed by atoms with Crippen LogP contribution in [-0.4, -0.2) is 56.1 Å². The molecule has 1 heterocycles. The number of nitrogens with zero attached hydrogens (tertiary/aromatic N) is 1. The molecule has 7 heteroatoms. The first-order chi connectivity index (χ1) is 11.9. The van der Waals surface area contributed by atoms with Crippen LogP contribution < -0.4 is 20.1 Å². The molecule has 7 nitrogen and oxygen atoms in total. The molecule has 1 aromatic rings. The monoisotopic (exact) mass is 349 g/mol. The molecular weight excluding hydrogens is 322 g/mol. The van der Waals surface area contributed by atoms with E-state index in [0.717, 1.165) is 18.5 Å². The number of benzene rings is 1. The van der Waals surface area contributed by atoms with Crippen molar-refractivity contribution in [2.75, 3.05) is 33.9 Å². The molecule has 1 aliphatic rings. The van der Waals surface area contributed by atoms with Crippen LogP contribution in [0, 0.1) is 0 Å². The molecule has 138 valence electrons. The summed E-state index contributed by atoms with van der Waals surface area (Å²) in [4.78, 5) is 25.5. The molecule has 1 unspecified atom stereocenters. The van der Waals surface area contributed by atoms with Gasteiger partial charge >= 0.3 is 0 Å². The number of amides is 2. The summed E-state index contributed by atoms with van der Waals surface area (Å²) in [6.07, 6.45) is 0.797. The molecule has 0 radical (unpaired) electrons. The first kappa shape index (κ1) is 19.1. The second-order valence-corrected chi connectivity index (χ2v) is 6.34. The molecule has 0 bridgehead atoms. The van der Waals surface area contributed by atoms with Crippen LogP contribution in [0.1, 0.15) is 25.8 Å². The second kappa shape index (κ2) is 8.20. The van der Waals surface area contributed by atoms with Crippen LogP contribution in [0.15, 0.2) is 18.2 Å². The van der Waals surface area contributed by atoms with E-state index in [4.69, 9.17) is 9.47 Å². The Balaban J connectivity index is 1.99. The van der Waals surface area contributed by atoms with Crippen LogP contribution in [0.25, 0.3) is 0 Å². The van der Waals surface area contributed by atoms with E-state index in [9.17, 15) is 9.59 Å². The molecule has 1 fully saturated rings. The SMILES string of the molecule is COc1cccc(CN2CCC2(C)C(=O)NCCNC(C)=O)c1OC. The van der Waals surface area contributed by atoms with Gasteiger partial charge in [0.25, 0.3) is 0 Å². The van der Waals surface area contributed by atoms with Crippen molar-refractivity contribution in [3.8, 4) is 11.5 Å². The Morgan fingerprint density at radius 1 is 1.20 bits per heavy atom. The van der Waals surface area contributed by atoms with Gasteiger partial charge in [-0.1, -0.05) is 12.1 Å². The highest BCUT2D eigenvalue weighted by atomic mass is 16.5. The van der Waals surface area contributed by atoms with Gasteiger partial charge in [0, 0.05) is 38.7 Å². The second-order valence-electron chi connectivity index (χ2n) is 6.34. The summed E-state index contributed by atoms with van der Waals surface area (Å²) in [5.74, 6) is 1.26. The fourth-order valence-corrected chi connectivity index (χ4v) is 3.00. The average molecular weight is 349 g/mol. The van der Waals surface area contributed by atoms with Gasteiger partial charge in [0.2, 0.25) is 11.8 Å². The van der Waals surface area contributed by atoms with Gasteiger partial charge in [-0.3, -0.25) is 14.5 Å². The topological polar surface area (TPSA) is 79.9 Å². The van der Waals surface area contributed by atoms with E-state index in [1.807, 2.05) is 25.1 Å². The van der Waals surface area contributed by atoms with E-state index in [1.165, 1.54) is 6.92 Å². The molecule has 2 rings (SSSR count). The lowest BCUT2D eigenvalue weighted by Gasteiger charge is -2.49. The lowest BCUT2D eigenvalue weighted by molar-refractivity contribution is -0.142. The third-order valence-electron chi connectivity index (χ3n) is 4.69. The third-order valence-corrected chi connectivity index (χ3v) is 4.69. The van der Waals surface area contributed by atoms with Gasteiger partial charge in [-0.15, -0.1) is 0 Å². The van der Waals surface area contributed by atoms with E-state index in [-0.39, 0.29) is 11.8 Å². The molecule has 0 saturated carbocycles. The zero-order valence-corrected chi connectivity index (χ0v) is 15.3. The Hall–Kier alpha value is -2.28. The number of nitrogens with one attached hydrogen (secondary N) is 2.